The second-order valence-electron chi connectivity index (χ2n) is 4.61. The Morgan fingerprint density at radius 2 is 2.32 bits per heavy atom. The van der Waals surface area contributed by atoms with Gasteiger partial charge in [-0.2, -0.15) is 4.98 Å². The van der Waals surface area contributed by atoms with Gasteiger partial charge in [-0.05, 0) is 32.0 Å². The number of aryl methyl sites for hydroxylation is 1. The number of ether oxygens (including phenoxy) is 1. The molecule has 118 valence electrons. The molecule has 0 radical (unpaired) electrons. The Morgan fingerprint density at radius 1 is 1.55 bits per heavy atom. The van der Waals surface area contributed by atoms with Crippen molar-refractivity contribution in [3.8, 4) is 5.75 Å². The molecule has 0 aliphatic rings. The highest BCUT2D eigenvalue weighted by atomic mass is 35.5. The molecule has 6 nitrogen and oxygen atoms in total. The average Bonchev–Trinajstić information content (AvgIpc) is 2.87. The number of carbonyl (C=O) groups is 1. The quantitative estimate of drug-likeness (QED) is 0.881. The van der Waals surface area contributed by atoms with Crippen molar-refractivity contribution in [2.24, 2.45) is 0 Å². The van der Waals surface area contributed by atoms with Crippen LogP contribution in [0.5, 0.6) is 5.75 Å². The Kier molecular flexibility index (Phi) is 5.32. The fourth-order valence-electron chi connectivity index (χ4n) is 1.69. The summed E-state index contributed by atoms with van der Waals surface area (Å²) >= 11 is 5.84. The van der Waals surface area contributed by atoms with Crippen LogP contribution in [0.15, 0.2) is 22.7 Å². The second-order valence-corrected chi connectivity index (χ2v) is 5.02. The molecule has 0 aliphatic carbocycles. The van der Waals surface area contributed by atoms with Crippen LogP contribution in [-0.2, 0) is 11.2 Å². The SMILES string of the molecule is Cc1noc(CCNC(=O)[C@H](C)Oc2ccc(F)cc2Cl)n1. The fraction of sp³-hybridized carbons (Fsp3) is 0.357. The van der Waals surface area contributed by atoms with Crippen LogP contribution in [0.3, 0.4) is 0 Å². The normalized spacial score (nSPS) is 12.0. The topological polar surface area (TPSA) is 77.2 Å². The van der Waals surface area contributed by atoms with Crippen molar-refractivity contribution >= 4 is 17.5 Å². The van der Waals surface area contributed by atoms with Crippen molar-refractivity contribution in [1.82, 2.24) is 15.5 Å². The summed E-state index contributed by atoms with van der Waals surface area (Å²) in [6, 6.07) is 3.71. The van der Waals surface area contributed by atoms with Crippen LogP contribution in [0.25, 0.3) is 0 Å². The highest BCUT2D eigenvalue weighted by Gasteiger charge is 2.16. The molecule has 0 saturated heterocycles. The summed E-state index contributed by atoms with van der Waals surface area (Å²) in [6.45, 7) is 3.63. The first-order valence-corrected chi connectivity index (χ1v) is 7.02. The van der Waals surface area contributed by atoms with Crippen LogP contribution in [0, 0.1) is 12.7 Å². The van der Waals surface area contributed by atoms with E-state index in [1.807, 2.05) is 0 Å². The molecule has 2 rings (SSSR count). The van der Waals surface area contributed by atoms with Crippen LogP contribution in [-0.4, -0.2) is 28.7 Å². The maximum Gasteiger partial charge on any atom is 0.260 e. The largest absolute Gasteiger partial charge is 0.479 e. The first kappa shape index (κ1) is 16.2. The van der Waals surface area contributed by atoms with Gasteiger partial charge in [-0.15, -0.1) is 0 Å². The van der Waals surface area contributed by atoms with E-state index >= 15 is 0 Å². The van der Waals surface area contributed by atoms with E-state index in [1.165, 1.54) is 12.1 Å². The van der Waals surface area contributed by atoms with E-state index in [-0.39, 0.29) is 16.7 Å². The molecule has 22 heavy (non-hydrogen) atoms. The third kappa shape index (κ3) is 4.42. The van der Waals surface area contributed by atoms with Crippen LogP contribution in [0.2, 0.25) is 5.02 Å². The lowest BCUT2D eigenvalue weighted by molar-refractivity contribution is -0.127. The Labute approximate surface area is 131 Å². The Morgan fingerprint density at radius 3 is 2.95 bits per heavy atom. The van der Waals surface area contributed by atoms with Gasteiger partial charge in [-0.25, -0.2) is 4.39 Å². The standard InChI is InChI=1S/C14H15ClFN3O3/c1-8(21-12-4-3-10(16)7-11(12)15)14(20)17-6-5-13-18-9(2)19-22-13/h3-4,7-8H,5-6H2,1-2H3,(H,17,20)/t8-/m0/s1. The van der Waals surface area contributed by atoms with E-state index in [2.05, 4.69) is 15.5 Å². The molecule has 0 fully saturated rings. The van der Waals surface area contributed by atoms with Gasteiger partial charge in [-0.1, -0.05) is 16.8 Å². The molecule has 1 amide bonds. The lowest BCUT2D eigenvalue weighted by Crippen LogP contribution is -2.37. The number of rotatable bonds is 6. The van der Waals surface area contributed by atoms with E-state index in [1.54, 1.807) is 13.8 Å². The fourth-order valence-corrected chi connectivity index (χ4v) is 1.90. The van der Waals surface area contributed by atoms with Gasteiger partial charge in [0.25, 0.3) is 5.91 Å². The van der Waals surface area contributed by atoms with Gasteiger partial charge in [-0.3, -0.25) is 4.79 Å². The van der Waals surface area contributed by atoms with Crippen molar-refractivity contribution in [2.75, 3.05) is 6.54 Å². The third-order valence-corrected chi connectivity index (χ3v) is 3.07. The molecular weight excluding hydrogens is 313 g/mol. The first-order chi connectivity index (χ1) is 10.5. The number of nitrogens with one attached hydrogen (secondary N) is 1. The number of halogens is 2. The Bertz CT molecular complexity index is 663. The lowest BCUT2D eigenvalue weighted by Gasteiger charge is -2.15. The van der Waals surface area contributed by atoms with Crippen LogP contribution >= 0.6 is 11.6 Å². The number of hydrogen-bond acceptors (Lipinski definition) is 5. The zero-order valence-electron chi connectivity index (χ0n) is 12.1. The van der Waals surface area contributed by atoms with E-state index < -0.39 is 11.9 Å². The molecule has 1 N–H and O–H groups in total. The van der Waals surface area contributed by atoms with Crippen LogP contribution in [0.4, 0.5) is 4.39 Å². The third-order valence-electron chi connectivity index (χ3n) is 2.77. The summed E-state index contributed by atoms with van der Waals surface area (Å²) in [5.74, 6) is 0.455. The van der Waals surface area contributed by atoms with Gasteiger partial charge in [0, 0.05) is 13.0 Å². The first-order valence-electron chi connectivity index (χ1n) is 6.64. The molecule has 0 saturated carbocycles. The van der Waals surface area contributed by atoms with Crippen molar-refractivity contribution in [1.29, 1.82) is 0 Å². The summed E-state index contributed by atoms with van der Waals surface area (Å²) in [6.07, 6.45) is -0.344. The highest BCUT2D eigenvalue weighted by Crippen LogP contribution is 2.25. The summed E-state index contributed by atoms with van der Waals surface area (Å²) in [5.41, 5.74) is 0. The predicted molar refractivity (Wildman–Crippen MR) is 77.2 cm³/mol. The van der Waals surface area contributed by atoms with Gasteiger partial charge >= 0.3 is 0 Å². The number of benzene rings is 1. The molecule has 1 aromatic carbocycles. The monoisotopic (exact) mass is 327 g/mol. The maximum atomic E-state index is 12.9. The average molecular weight is 328 g/mol. The molecule has 0 aliphatic heterocycles. The van der Waals surface area contributed by atoms with Gasteiger partial charge < -0.3 is 14.6 Å². The second kappa shape index (κ2) is 7.22. The highest BCUT2D eigenvalue weighted by molar-refractivity contribution is 6.32. The predicted octanol–water partition coefficient (Wildman–Crippen LogP) is 2.30. The van der Waals surface area contributed by atoms with Gasteiger partial charge in [0.15, 0.2) is 11.9 Å². The molecular formula is C14H15ClFN3O3. The zero-order chi connectivity index (χ0) is 16.1. The molecule has 1 heterocycles. The Hall–Kier alpha value is -2.15. The van der Waals surface area contributed by atoms with Gasteiger partial charge in [0.2, 0.25) is 5.89 Å². The molecule has 1 aromatic heterocycles. The van der Waals surface area contributed by atoms with Crippen LogP contribution in [0.1, 0.15) is 18.6 Å². The minimum Gasteiger partial charge on any atom is -0.479 e. The van der Waals surface area contributed by atoms with E-state index in [4.69, 9.17) is 20.9 Å². The molecule has 0 spiro atoms. The van der Waals surface area contributed by atoms with Gasteiger partial charge in [0.05, 0.1) is 5.02 Å². The number of amides is 1. The van der Waals surface area contributed by atoms with Crippen molar-refractivity contribution in [2.45, 2.75) is 26.4 Å². The molecule has 8 heteroatoms. The minimum absolute atomic E-state index is 0.112. The number of carbonyl (C=O) groups excluding carboxylic acids is 1. The molecule has 0 bridgehead atoms. The smallest absolute Gasteiger partial charge is 0.260 e. The van der Waals surface area contributed by atoms with Crippen molar-refractivity contribution < 1.29 is 18.4 Å². The molecule has 0 unspecified atom stereocenters. The van der Waals surface area contributed by atoms with Crippen molar-refractivity contribution in [3.63, 3.8) is 0 Å². The maximum absolute atomic E-state index is 12.9. The summed E-state index contributed by atoms with van der Waals surface area (Å²) in [5, 5.41) is 6.45. The van der Waals surface area contributed by atoms with Crippen molar-refractivity contribution in [3.05, 3.63) is 40.8 Å². The summed E-state index contributed by atoms with van der Waals surface area (Å²) in [4.78, 5) is 15.9. The lowest BCUT2D eigenvalue weighted by atomic mass is 10.3. The number of aromatic nitrogens is 2. The molecule has 2 aromatic rings. The summed E-state index contributed by atoms with van der Waals surface area (Å²) < 4.78 is 23.3. The number of nitrogens with zero attached hydrogens (tertiary/aromatic N) is 2. The Balaban J connectivity index is 1.81. The minimum atomic E-state index is -0.771. The van der Waals surface area contributed by atoms with E-state index in [0.717, 1.165) is 6.07 Å². The van der Waals surface area contributed by atoms with Gasteiger partial charge in [0.1, 0.15) is 11.6 Å². The zero-order valence-corrected chi connectivity index (χ0v) is 12.9. The molecule has 1 atom stereocenters. The van der Waals surface area contributed by atoms with E-state index in [9.17, 15) is 9.18 Å². The summed E-state index contributed by atoms with van der Waals surface area (Å²) in [7, 11) is 0. The van der Waals surface area contributed by atoms with E-state index in [0.29, 0.717) is 24.7 Å². The number of hydrogen-bond donors (Lipinski definition) is 1. The van der Waals surface area contributed by atoms with Crippen LogP contribution < -0.4 is 10.1 Å².